The van der Waals surface area contributed by atoms with Crippen LogP contribution in [0.15, 0.2) is 94.7 Å². The molecule has 2 aromatic heterocycles. The van der Waals surface area contributed by atoms with Gasteiger partial charge in [0.05, 0.1) is 21.2 Å². The second kappa shape index (κ2) is 10.0. The Balaban J connectivity index is 1.49. The molecule has 39 heavy (non-hydrogen) atoms. The Kier molecular flexibility index (Phi) is 6.39. The minimum atomic E-state index is -4.04. The predicted octanol–water partition coefficient (Wildman–Crippen LogP) is 3.06. The first kappa shape index (κ1) is 24.9. The molecule has 0 aliphatic heterocycles. The van der Waals surface area contributed by atoms with Crippen LogP contribution in [-0.2, 0) is 22.7 Å². The second-order valence-electron chi connectivity index (χ2n) is 9.08. The summed E-state index contributed by atoms with van der Waals surface area (Å²) >= 11 is 0. The molecule has 0 saturated heterocycles. The van der Waals surface area contributed by atoms with Gasteiger partial charge in [0.1, 0.15) is 22.1 Å². The predicted molar refractivity (Wildman–Crippen MR) is 145 cm³/mol. The van der Waals surface area contributed by atoms with Gasteiger partial charge in [0.2, 0.25) is 9.84 Å². The summed E-state index contributed by atoms with van der Waals surface area (Å²) in [5, 5.41) is 37.2. The molecular formula is C28H24N6O4S. The van der Waals surface area contributed by atoms with Crippen LogP contribution in [0, 0.1) is 0 Å². The summed E-state index contributed by atoms with van der Waals surface area (Å²) < 4.78 is 28.1. The first-order chi connectivity index (χ1) is 18.9. The zero-order chi connectivity index (χ0) is 27.0. The van der Waals surface area contributed by atoms with Crippen LogP contribution < -0.4 is 0 Å². The molecule has 6 rings (SSSR count). The lowest BCUT2D eigenvalue weighted by Crippen LogP contribution is -2.09. The van der Waals surface area contributed by atoms with Crippen LogP contribution in [0.5, 0.6) is 0 Å². The van der Waals surface area contributed by atoms with Crippen molar-refractivity contribution < 1.29 is 18.6 Å². The van der Waals surface area contributed by atoms with E-state index in [1.54, 1.807) is 24.3 Å². The number of hydrogen-bond donors (Lipinski definition) is 2. The molecule has 0 fully saturated rings. The number of aromatic nitrogens is 6. The maximum absolute atomic E-state index is 14.0. The number of hydrogen-bond acceptors (Lipinski definition) is 8. The first-order valence-electron chi connectivity index (χ1n) is 12.3. The van der Waals surface area contributed by atoms with Crippen molar-refractivity contribution >= 4 is 31.9 Å². The molecule has 11 heteroatoms. The Morgan fingerprint density at radius 3 is 1.26 bits per heavy atom. The third kappa shape index (κ3) is 4.78. The average molecular weight is 541 g/mol. The van der Waals surface area contributed by atoms with Crippen LogP contribution in [-0.4, -0.2) is 61.8 Å². The van der Waals surface area contributed by atoms with Crippen molar-refractivity contribution in [1.29, 1.82) is 0 Å². The smallest absolute Gasteiger partial charge is 0.206 e. The molecule has 2 N–H and O–H groups in total. The quantitative estimate of drug-likeness (QED) is 0.301. The normalized spacial score (nSPS) is 11.9. The van der Waals surface area contributed by atoms with Gasteiger partial charge in [-0.15, -0.1) is 20.4 Å². The Hall–Kier alpha value is -4.45. The number of sulfone groups is 1. The van der Waals surface area contributed by atoms with Crippen molar-refractivity contribution in [3.05, 3.63) is 96.1 Å². The van der Waals surface area contributed by atoms with E-state index in [4.69, 9.17) is 0 Å². The Morgan fingerprint density at radius 1 is 0.564 bits per heavy atom. The van der Waals surface area contributed by atoms with Crippen LogP contribution in [0.3, 0.4) is 0 Å². The molecule has 4 aromatic carbocycles. The Labute approximate surface area is 223 Å². The van der Waals surface area contributed by atoms with Crippen LogP contribution in [0.4, 0.5) is 0 Å². The number of aliphatic hydroxyl groups is 2. The molecule has 0 atom stereocenters. The van der Waals surface area contributed by atoms with E-state index in [-0.39, 0.29) is 35.8 Å². The molecule has 0 unspecified atom stereocenters. The van der Waals surface area contributed by atoms with Crippen LogP contribution in [0.25, 0.3) is 33.4 Å². The van der Waals surface area contributed by atoms with Gasteiger partial charge >= 0.3 is 0 Å². The maximum atomic E-state index is 14.0. The van der Waals surface area contributed by atoms with E-state index in [0.29, 0.717) is 44.6 Å². The summed E-state index contributed by atoms with van der Waals surface area (Å²) in [6.07, 6.45) is 0.521. The number of nitrogens with zero attached hydrogens (tertiary/aromatic N) is 6. The van der Waals surface area contributed by atoms with Crippen LogP contribution in [0.2, 0.25) is 0 Å². The molecule has 10 nitrogen and oxygen atoms in total. The third-order valence-electron chi connectivity index (χ3n) is 6.36. The van der Waals surface area contributed by atoms with Gasteiger partial charge in [0.25, 0.3) is 0 Å². The van der Waals surface area contributed by atoms with Crippen molar-refractivity contribution in [2.24, 2.45) is 0 Å². The average Bonchev–Trinajstić information content (AvgIpc) is 3.58. The molecular weight excluding hydrogens is 516 g/mol. The monoisotopic (exact) mass is 540 g/mol. The second-order valence-corrected chi connectivity index (χ2v) is 11.0. The number of aliphatic hydroxyl groups excluding tert-OH is 2. The lowest BCUT2D eigenvalue weighted by atomic mass is 10.1. The lowest BCUT2D eigenvalue weighted by Gasteiger charge is -2.12. The van der Waals surface area contributed by atoms with Gasteiger partial charge in [-0.25, -0.2) is 8.42 Å². The fourth-order valence-electron chi connectivity index (χ4n) is 4.46. The highest BCUT2D eigenvalue weighted by molar-refractivity contribution is 7.91. The fourth-order valence-corrected chi connectivity index (χ4v) is 5.90. The van der Waals surface area contributed by atoms with Gasteiger partial charge in [0.15, 0.2) is 0 Å². The highest BCUT2D eigenvalue weighted by Crippen LogP contribution is 2.28. The van der Waals surface area contributed by atoms with Crippen LogP contribution in [0.1, 0.15) is 11.1 Å². The van der Waals surface area contributed by atoms with Crippen molar-refractivity contribution in [1.82, 2.24) is 30.0 Å². The van der Waals surface area contributed by atoms with E-state index in [0.717, 1.165) is 0 Å². The van der Waals surface area contributed by atoms with Crippen molar-refractivity contribution in [2.75, 3.05) is 13.2 Å². The highest BCUT2D eigenvalue weighted by Gasteiger charge is 2.22. The van der Waals surface area contributed by atoms with E-state index in [9.17, 15) is 18.6 Å². The van der Waals surface area contributed by atoms with Crippen molar-refractivity contribution in [2.45, 2.75) is 22.6 Å². The highest BCUT2D eigenvalue weighted by atomic mass is 32.2. The van der Waals surface area contributed by atoms with E-state index in [1.165, 1.54) is 21.7 Å². The maximum Gasteiger partial charge on any atom is 0.206 e. The molecule has 2 heterocycles. The van der Waals surface area contributed by atoms with Gasteiger partial charge in [-0.2, -0.15) is 9.59 Å². The van der Waals surface area contributed by atoms with Crippen molar-refractivity contribution in [3.8, 4) is 11.4 Å². The summed E-state index contributed by atoms with van der Waals surface area (Å²) in [4.78, 5) is 2.88. The minimum absolute atomic E-state index is 0.0375. The Bertz CT molecular complexity index is 1730. The molecule has 0 saturated carbocycles. The van der Waals surface area contributed by atoms with Crippen LogP contribution >= 0.6 is 0 Å². The summed E-state index contributed by atoms with van der Waals surface area (Å²) in [7, 11) is -4.04. The van der Waals surface area contributed by atoms with Gasteiger partial charge < -0.3 is 10.2 Å². The molecule has 196 valence electrons. The van der Waals surface area contributed by atoms with Gasteiger partial charge in [0, 0.05) is 13.2 Å². The summed E-state index contributed by atoms with van der Waals surface area (Å²) in [5.41, 5.74) is 4.88. The first-order valence-corrected chi connectivity index (χ1v) is 13.8. The molecule has 0 amide bonds. The third-order valence-corrected chi connectivity index (χ3v) is 8.07. The van der Waals surface area contributed by atoms with E-state index >= 15 is 0 Å². The van der Waals surface area contributed by atoms with Gasteiger partial charge in [-0.1, -0.05) is 24.3 Å². The van der Waals surface area contributed by atoms with E-state index in [2.05, 4.69) is 20.4 Å². The van der Waals surface area contributed by atoms with E-state index < -0.39 is 9.84 Å². The molecule has 0 radical (unpaired) electrons. The number of fused-ring (bicyclic) bond motifs is 2. The zero-order valence-corrected chi connectivity index (χ0v) is 21.5. The lowest BCUT2D eigenvalue weighted by molar-refractivity contribution is 0.299. The molecule has 6 aromatic rings. The molecule has 0 bridgehead atoms. The Morgan fingerprint density at radius 2 is 0.923 bits per heavy atom. The number of benzene rings is 4. The van der Waals surface area contributed by atoms with Gasteiger partial charge in [-0.3, -0.25) is 0 Å². The SMILES string of the molecule is O=S(=O)(c1cc(CCO)cc(-n2nc3ccccc3n2)c1)c1cc(CCO)cc(-n2nc3ccccc3n2)c1. The standard InChI is InChI=1S/C28H24N6O4S/c35-11-9-19-13-21(33-29-25-5-1-2-6-26(25)30-33)17-23(15-19)39(37,38)24-16-20(10-12-36)14-22(18-24)34-31-27-7-3-4-8-28(27)32-34/h1-8,13-18,35-36H,9-12H2. The summed E-state index contributed by atoms with van der Waals surface area (Å²) in [5.74, 6) is 0. The minimum Gasteiger partial charge on any atom is -0.396 e. The summed E-state index contributed by atoms with van der Waals surface area (Å²) in [6, 6.07) is 24.4. The number of rotatable bonds is 8. The fraction of sp³-hybridized carbons (Fsp3) is 0.143. The van der Waals surface area contributed by atoms with E-state index in [1.807, 2.05) is 48.5 Å². The molecule has 0 spiro atoms. The summed E-state index contributed by atoms with van der Waals surface area (Å²) in [6.45, 7) is -0.293. The molecule has 0 aliphatic carbocycles. The molecule has 0 aliphatic rings. The van der Waals surface area contributed by atoms with Gasteiger partial charge in [-0.05, 0) is 84.6 Å². The largest absolute Gasteiger partial charge is 0.396 e. The topological polar surface area (TPSA) is 136 Å². The zero-order valence-electron chi connectivity index (χ0n) is 20.7. The van der Waals surface area contributed by atoms with Crippen molar-refractivity contribution in [3.63, 3.8) is 0 Å².